The molecular weight excluding hydrogens is 558 g/mol. The van der Waals surface area contributed by atoms with Gasteiger partial charge in [-0.3, -0.25) is 6.08 Å². The second-order valence-corrected chi connectivity index (χ2v) is 7.77. The fourth-order valence-corrected chi connectivity index (χ4v) is 4.41. The third kappa shape index (κ3) is 6.80. The maximum atomic E-state index is 3.48. The number of hydrogen-bond donors (Lipinski definition) is 0. The zero-order valence-corrected chi connectivity index (χ0v) is 24.0. The van der Waals surface area contributed by atoms with E-state index < -0.39 is 0 Å². The van der Waals surface area contributed by atoms with Crippen molar-refractivity contribution >= 4 is 50.6 Å². The molecule has 36 heavy (non-hydrogen) atoms. The summed E-state index contributed by atoms with van der Waals surface area (Å²) < 4.78 is 3.34. The van der Waals surface area contributed by atoms with Crippen LogP contribution < -0.4 is 0 Å². The molecule has 3 heteroatoms. The van der Waals surface area contributed by atoms with Gasteiger partial charge in [-0.1, -0.05) is 53.9 Å². The summed E-state index contributed by atoms with van der Waals surface area (Å²) in [4.78, 5) is 0. The van der Waals surface area contributed by atoms with E-state index in [0.717, 1.165) is 12.8 Å². The number of allylic oxidation sites excluding steroid dienone is 4. The van der Waals surface area contributed by atoms with Crippen molar-refractivity contribution in [2.45, 2.75) is 12.8 Å². The smallest absolute Gasteiger partial charge is 0.0240 e. The Morgan fingerprint density at radius 1 is 0.694 bits per heavy atom. The molecule has 0 saturated carbocycles. The minimum atomic E-state index is 0. The number of rotatable bonds is 0. The molecule has 0 fully saturated rings. The van der Waals surface area contributed by atoms with Crippen LogP contribution in [0, 0.1) is 18.2 Å². The van der Waals surface area contributed by atoms with Gasteiger partial charge in [-0.05, 0) is 28.5 Å². The van der Waals surface area contributed by atoms with Crippen molar-refractivity contribution in [3.05, 3.63) is 145 Å². The molecule has 2 aliphatic carbocycles. The predicted octanol–water partition coefficient (Wildman–Crippen LogP) is 8.97. The van der Waals surface area contributed by atoms with Crippen LogP contribution in [0.5, 0.6) is 0 Å². The SMILES string of the molecule is Cl.Cl.[C-]1=CC=CC1.[CH2]=[Zr].[c-]1cccc2c1c1c(c3ccccc32)-c2ccccc2C1.[c-]1ccccc1. The molecule has 0 heterocycles. The van der Waals surface area contributed by atoms with Crippen molar-refractivity contribution in [1.29, 1.82) is 0 Å². The van der Waals surface area contributed by atoms with E-state index in [9.17, 15) is 0 Å². The van der Waals surface area contributed by atoms with Crippen molar-refractivity contribution < 1.29 is 24.2 Å². The van der Waals surface area contributed by atoms with Gasteiger partial charge in [-0.25, -0.2) is 12.2 Å². The van der Waals surface area contributed by atoms with Crippen molar-refractivity contribution in [2.24, 2.45) is 0 Å². The van der Waals surface area contributed by atoms with Gasteiger partial charge in [0.2, 0.25) is 0 Å². The first-order chi connectivity index (χ1) is 16.9. The van der Waals surface area contributed by atoms with Gasteiger partial charge in [0.1, 0.15) is 0 Å². The van der Waals surface area contributed by atoms with Crippen LogP contribution in [0.4, 0.5) is 0 Å². The zero-order valence-electron chi connectivity index (χ0n) is 19.9. The molecule has 0 aliphatic heterocycles. The van der Waals surface area contributed by atoms with E-state index in [-0.39, 0.29) is 24.8 Å². The first kappa shape index (κ1) is 29.7. The maximum Gasteiger partial charge on any atom is -0.0240 e. The van der Waals surface area contributed by atoms with Gasteiger partial charge < -0.3 is 0 Å². The molecule has 0 N–H and O–H groups in total. The average Bonchev–Trinajstić information content (AvgIpc) is 3.64. The molecule has 5 aromatic carbocycles. The van der Waals surface area contributed by atoms with Crippen LogP contribution >= 0.6 is 24.8 Å². The van der Waals surface area contributed by atoms with E-state index in [4.69, 9.17) is 0 Å². The average molecular weight is 586 g/mol. The van der Waals surface area contributed by atoms with E-state index in [1.807, 2.05) is 48.6 Å². The van der Waals surface area contributed by atoms with E-state index in [1.54, 1.807) is 0 Å². The molecule has 2 aliphatic rings. The number of halogens is 2. The summed E-state index contributed by atoms with van der Waals surface area (Å²) in [5, 5.41) is 5.30. The summed E-state index contributed by atoms with van der Waals surface area (Å²) in [6, 6.07) is 39.8. The van der Waals surface area contributed by atoms with E-state index >= 15 is 0 Å². The third-order valence-corrected chi connectivity index (χ3v) is 5.79. The van der Waals surface area contributed by atoms with Crippen LogP contribution in [0.25, 0.3) is 32.7 Å². The minimum absolute atomic E-state index is 0. The van der Waals surface area contributed by atoms with Crippen molar-refractivity contribution in [3.63, 3.8) is 0 Å². The normalized spacial score (nSPS) is 11.2. The molecule has 0 aromatic heterocycles. The minimum Gasteiger partial charge on any atom is -0.184 e. The summed E-state index contributed by atoms with van der Waals surface area (Å²) >= 11 is 1.30. The second kappa shape index (κ2) is 15.5. The van der Waals surface area contributed by atoms with Gasteiger partial charge in [-0.2, -0.15) is 42.5 Å². The quantitative estimate of drug-likeness (QED) is 0.123. The Balaban J connectivity index is 0.000000254. The Morgan fingerprint density at radius 2 is 1.39 bits per heavy atom. The van der Waals surface area contributed by atoms with Gasteiger partial charge >= 0.3 is 28.4 Å². The summed E-state index contributed by atoms with van der Waals surface area (Å²) in [5.74, 6) is 0. The zero-order chi connectivity index (χ0) is 23.6. The Hall–Kier alpha value is -2.57. The van der Waals surface area contributed by atoms with Crippen LogP contribution in [0.15, 0.2) is 115 Å². The Bertz CT molecular complexity index is 1400. The molecule has 5 aromatic rings. The van der Waals surface area contributed by atoms with Crippen LogP contribution in [0.1, 0.15) is 17.5 Å². The molecule has 0 atom stereocenters. The molecule has 0 unspecified atom stereocenters. The van der Waals surface area contributed by atoms with Crippen LogP contribution in [-0.4, -0.2) is 4.21 Å². The van der Waals surface area contributed by atoms with E-state index in [0.29, 0.717) is 0 Å². The Kier molecular flexibility index (Phi) is 12.8. The van der Waals surface area contributed by atoms with E-state index in [1.165, 1.54) is 68.0 Å². The van der Waals surface area contributed by atoms with Gasteiger partial charge in [0.15, 0.2) is 0 Å². The molecule has 7 rings (SSSR count). The summed E-state index contributed by atoms with van der Waals surface area (Å²) in [5.41, 5.74) is 5.67. The van der Waals surface area contributed by atoms with Gasteiger partial charge in [0, 0.05) is 0 Å². The molecule has 0 spiro atoms. The van der Waals surface area contributed by atoms with Gasteiger partial charge in [0.05, 0.1) is 0 Å². The van der Waals surface area contributed by atoms with Crippen molar-refractivity contribution in [3.8, 4) is 11.1 Å². The number of fused-ring (bicyclic) bond motifs is 8. The molecule has 0 nitrogen and oxygen atoms in total. The van der Waals surface area contributed by atoms with Crippen molar-refractivity contribution in [2.75, 3.05) is 0 Å². The monoisotopic (exact) mass is 583 g/mol. The Morgan fingerprint density at radius 3 is 2.00 bits per heavy atom. The van der Waals surface area contributed by atoms with Gasteiger partial charge in [-0.15, -0.1) is 71.8 Å². The van der Waals surface area contributed by atoms with Gasteiger partial charge in [0.25, 0.3) is 0 Å². The third-order valence-electron chi connectivity index (χ3n) is 5.79. The molecule has 180 valence electrons. The summed E-state index contributed by atoms with van der Waals surface area (Å²) in [6.07, 6.45) is 11.0. The van der Waals surface area contributed by atoms with E-state index in [2.05, 4.69) is 89.2 Å². The van der Waals surface area contributed by atoms with Crippen LogP contribution in [0.3, 0.4) is 0 Å². The molecule has 0 radical (unpaired) electrons. The fraction of sp³-hybridized carbons (Fsp3) is 0.0606. The predicted molar refractivity (Wildman–Crippen MR) is 157 cm³/mol. The van der Waals surface area contributed by atoms with Crippen molar-refractivity contribution in [1.82, 2.24) is 0 Å². The summed E-state index contributed by atoms with van der Waals surface area (Å²) in [7, 11) is 0. The number of benzene rings is 5. The fourth-order valence-electron chi connectivity index (χ4n) is 4.41. The topological polar surface area (TPSA) is 0 Å². The molecular formula is C33H27Cl2Zr-3. The van der Waals surface area contributed by atoms with Crippen LogP contribution in [-0.2, 0) is 30.7 Å². The first-order valence-corrected chi connectivity index (χ1v) is 13.1. The standard InChI is InChI=1S/C21H13.C6H5.C5H5.CH2.2ClH.Zr/c1-2-8-15-14(7-1)13-20-18-11-4-3-9-16(18)17-10-5-6-12-19(17)21(15)20;1-2-4-6-5-3-1;1-2-4-5-3-1;;;;/h1-10,12H,13H2;1-5H;1-3H,4H2;1H2;2*1H;/q3*-1;;;;. The summed E-state index contributed by atoms with van der Waals surface area (Å²) in [6.45, 7) is 0. The molecule has 0 amide bonds. The molecule has 0 bridgehead atoms. The second-order valence-electron chi connectivity index (χ2n) is 7.77. The largest absolute Gasteiger partial charge is 0.184 e. The van der Waals surface area contributed by atoms with Crippen LogP contribution in [0.2, 0.25) is 0 Å². The molecule has 0 saturated heterocycles. The maximum absolute atomic E-state index is 3.48. The Labute approximate surface area is 241 Å². The number of hydrogen-bond acceptors (Lipinski definition) is 0. The first-order valence-electron chi connectivity index (χ1n) is 11.3.